The van der Waals surface area contributed by atoms with Gasteiger partial charge in [0, 0.05) is 12.1 Å². The van der Waals surface area contributed by atoms with Crippen LogP contribution in [0.2, 0.25) is 0 Å². The molecule has 3 rings (SSSR count). The molecule has 1 saturated heterocycles. The molecular formula is C16H15NO4S. The Balaban J connectivity index is 1.91. The highest BCUT2D eigenvalue weighted by atomic mass is 32.2. The van der Waals surface area contributed by atoms with Gasteiger partial charge in [0.2, 0.25) is 0 Å². The summed E-state index contributed by atoms with van der Waals surface area (Å²) in [5, 5.41) is -0.224. The van der Waals surface area contributed by atoms with Crippen LogP contribution in [0.4, 0.5) is 4.79 Å². The van der Waals surface area contributed by atoms with Gasteiger partial charge in [-0.2, -0.15) is 0 Å². The molecule has 0 bridgehead atoms. The van der Waals surface area contributed by atoms with E-state index in [1.807, 2.05) is 24.3 Å². The number of amides is 2. The minimum atomic E-state index is -0.241. The molecule has 0 aromatic heterocycles. The number of benzene rings is 1. The zero-order chi connectivity index (χ0) is 15.7. The summed E-state index contributed by atoms with van der Waals surface area (Å²) in [5.74, 6) is 1.14. The Hall–Kier alpha value is -2.21. The second kappa shape index (κ2) is 5.88. The van der Waals surface area contributed by atoms with E-state index in [1.54, 1.807) is 20.1 Å². The van der Waals surface area contributed by atoms with Crippen molar-refractivity contribution < 1.29 is 19.1 Å². The predicted molar refractivity (Wildman–Crippen MR) is 84.9 cm³/mol. The van der Waals surface area contributed by atoms with E-state index in [1.165, 1.54) is 4.90 Å². The smallest absolute Gasteiger partial charge is 0.293 e. The third-order valence-electron chi connectivity index (χ3n) is 3.46. The molecule has 2 aliphatic heterocycles. The fourth-order valence-corrected chi connectivity index (χ4v) is 3.30. The Morgan fingerprint density at radius 1 is 1.41 bits per heavy atom. The number of methoxy groups -OCH3 is 1. The van der Waals surface area contributed by atoms with Gasteiger partial charge in [-0.3, -0.25) is 14.5 Å². The third kappa shape index (κ3) is 2.50. The Bertz CT molecular complexity index is 708. The Morgan fingerprint density at radius 2 is 2.23 bits per heavy atom. The van der Waals surface area contributed by atoms with Gasteiger partial charge < -0.3 is 9.47 Å². The Kier molecular flexibility index (Phi) is 3.94. The Labute approximate surface area is 132 Å². The van der Waals surface area contributed by atoms with Gasteiger partial charge in [-0.25, -0.2) is 0 Å². The normalized spacial score (nSPS) is 19.1. The molecule has 0 saturated carbocycles. The number of carbonyl (C=O) groups excluding carboxylic acids is 2. The first-order chi connectivity index (χ1) is 10.6. The molecule has 2 heterocycles. The molecule has 5 nitrogen and oxygen atoms in total. The minimum absolute atomic E-state index is 0.224. The van der Waals surface area contributed by atoms with E-state index in [4.69, 9.17) is 9.47 Å². The second-order valence-electron chi connectivity index (χ2n) is 4.81. The van der Waals surface area contributed by atoms with E-state index < -0.39 is 0 Å². The number of para-hydroxylation sites is 1. The topological polar surface area (TPSA) is 55.8 Å². The van der Waals surface area contributed by atoms with Crippen LogP contribution >= 0.6 is 11.8 Å². The molecule has 0 atom stereocenters. The van der Waals surface area contributed by atoms with Crippen LogP contribution in [0.5, 0.6) is 11.5 Å². The van der Waals surface area contributed by atoms with Crippen molar-refractivity contribution in [2.75, 3.05) is 20.3 Å². The summed E-state index contributed by atoms with van der Waals surface area (Å²) in [5.41, 5.74) is 1.74. The summed E-state index contributed by atoms with van der Waals surface area (Å²) in [6.07, 6.45) is 3.67. The number of hydrogen-bond donors (Lipinski definition) is 0. The zero-order valence-corrected chi connectivity index (χ0v) is 13.1. The van der Waals surface area contributed by atoms with Gasteiger partial charge in [-0.15, -0.1) is 0 Å². The lowest BCUT2D eigenvalue weighted by molar-refractivity contribution is -0.122. The first-order valence-electron chi connectivity index (χ1n) is 6.89. The van der Waals surface area contributed by atoms with Gasteiger partial charge in [0.25, 0.3) is 11.1 Å². The number of likely N-dealkylation sites (N-methyl/N-ethyl adjacent to an activating group) is 1. The molecule has 6 heteroatoms. The van der Waals surface area contributed by atoms with Crippen molar-refractivity contribution in [3.8, 4) is 11.5 Å². The van der Waals surface area contributed by atoms with Crippen molar-refractivity contribution in [1.29, 1.82) is 0 Å². The first-order valence-corrected chi connectivity index (χ1v) is 7.71. The van der Waals surface area contributed by atoms with E-state index >= 15 is 0 Å². The fraction of sp³-hybridized carbons (Fsp3) is 0.250. The first kappa shape index (κ1) is 14.7. The maximum atomic E-state index is 12.1. The zero-order valence-electron chi connectivity index (χ0n) is 12.3. The van der Waals surface area contributed by atoms with Crippen LogP contribution in [-0.2, 0) is 4.79 Å². The molecule has 22 heavy (non-hydrogen) atoms. The van der Waals surface area contributed by atoms with Crippen LogP contribution in [0.15, 0.2) is 34.8 Å². The van der Waals surface area contributed by atoms with E-state index in [2.05, 4.69) is 0 Å². The minimum Gasteiger partial charge on any atom is -0.493 e. The van der Waals surface area contributed by atoms with E-state index in [9.17, 15) is 9.59 Å². The molecule has 1 aromatic rings. The molecule has 0 spiro atoms. The monoisotopic (exact) mass is 317 g/mol. The van der Waals surface area contributed by atoms with Gasteiger partial charge in [-0.05, 0) is 42.5 Å². The molecule has 2 aliphatic rings. The molecule has 1 fully saturated rings. The molecule has 0 radical (unpaired) electrons. The van der Waals surface area contributed by atoms with Crippen molar-refractivity contribution in [2.24, 2.45) is 0 Å². The molecule has 0 aliphatic carbocycles. The van der Waals surface area contributed by atoms with Crippen LogP contribution in [0.1, 0.15) is 12.5 Å². The maximum Gasteiger partial charge on any atom is 0.293 e. The number of fused-ring (bicyclic) bond motifs is 1. The molecule has 0 N–H and O–H groups in total. The van der Waals surface area contributed by atoms with Gasteiger partial charge >= 0.3 is 0 Å². The van der Waals surface area contributed by atoms with Crippen molar-refractivity contribution in [2.45, 2.75) is 6.92 Å². The number of hydrogen-bond acceptors (Lipinski definition) is 5. The molecule has 114 valence electrons. The average molecular weight is 317 g/mol. The molecule has 1 aromatic carbocycles. The SMILES string of the molecule is CCN1C(=O)S/C(=C\C2=Cc3cccc(OC)c3OC2)C1=O. The summed E-state index contributed by atoms with van der Waals surface area (Å²) >= 11 is 0.966. The van der Waals surface area contributed by atoms with Gasteiger partial charge in [0.05, 0.1) is 12.0 Å². The van der Waals surface area contributed by atoms with Crippen molar-refractivity contribution in [3.63, 3.8) is 0 Å². The fourth-order valence-electron chi connectivity index (χ4n) is 2.38. The summed E-state index contributed by atoms with van der Waals surface area (Å²) in [6.45, 7) is 2.51. The highest BCUT2D eigenvalue weighted by Crippen LogP contribution is 2.37. The van der Waals surface area contributed by atoms with Gasteiger partial charge in [-0.1, -0.05) is 12.1 Å². The molecule has 0 unspecified atom stereocenters. The number of imide groups is 1. The largest absolute Gasteiger partial charge is 0.493 e. The summed E-state index contributed by atoms with van der Waals surface area (Å²) in [7, 11) is 1.60. The van der Waals surface area contributed by atoms with Crippen LogP contribution in [0, 0.1) is 0 Å². The number of nitrogens with zero attached hydrogens (tertiary/aromatic N) is 1. The lowest BCUT2D eigenvalue weighted by atomic mass is 10.1. The lowest BCUT2D eigenvalue weighted by Crippen LogP contribution is -2.27. The highest BCUT2D eigenvalue weighted by molar-refractivity contribution is 8.18. The predicted octanol–water partition coefficient (Wildman–Crippen LogP) is 3.07. The molecular weight excluding hydrogens is 302 g/mol. The van der Waals surface area contributed by atoms with Crippen LogP contribution in [0.3, 0.4) is 0 Å². The number of carbonyl (C=O) groups is 2. The van der Waals surface area contributed by atoms with Gasteiger partial charge in [0.15, 0.2) is 11.5 Å². The van der Waals surface area contributed by atoms with Crippen LogP contribution in [0.25, 0.3) is 6.08 Å². The number of rotatable bonds is 3. The third-order valence-corrected chi connectivity index (χ3v) is 4.37. The van der Waals surface area contributed by atoms with E-state index in [0.717, 1.165) is 22.9 Å². The number of thioether (sulfide) groups is 1. The quantitative estimate of drug-likeness (QED) is 0.802. The lowest BCUT2D eigenvalue weighted by Gasteiger charge is -2.18. The van der Waals surface area contributed by atoms with Crippen LogP contribution in [-0.4, -0.2) is 36.3 Å². The average Bonchev–Trinajstić information content (AvgIpc) is 2.80. The number of ether oxygens (including phenoxy) is 2. The highest BCUT2D eigenvalue weighted by Gasteiger charge is 2.34. The van der Waals surface area contributed by atoms with Crippen molar-refractivity contribution in [3.05, 3.63) is 40.3 Å². The summed E-state index contributed by atoms with van der Waals surface area (Å²) in [6, 6.07) is 5.64. The van der Waals surface area contributed by atoms with E-state index in [-0.39, 0.29) is 11.1 Å². The maximum absolute atomic E-state index is 12.1. The van der Waals surface area contributed by atoms with Crippen LogP contribution < -0.4 is 9.47 Å². The molecule has 2 amide bonds. The Morgan fingerprint density at radius 3 is 2.91 bits per heavy atom. The summed E-state index contributed by atoms with van der Waals surface area (Å²) < 4.78 is 11.0. The second-order valence-corrected chi connectivity index (χ2v) is 5.81. The van der Waals surface area contributed by atoms with Crippen molar-refractivity contribution >= 4 is 29.0 Å². The summed E-state index contributed by atoms with van der Waals surface area (Å²) in [4.78, 5) is 25.5. The van der Waals surface area contributed by atoms with Gasteiger partial charge in [0.1, 0.15) is 6.61 Å². The van der Waals surface area contributed by atoms with Crippen molar-refractivity contribution in [1.82, 2.24) is 4.90 Å². The standard InChI is InChI=1S/C16H15NO4S/c1-3-17-15(18)13(22-16(17)19)8-10-7-11-5-4-6-12(20-2)14(11)21-9-10/h4-8H,3,9H2,1-2H3/b13-8-. The van der Waals surface area contributed by atoms with E-state index in [0.29, 0.717) is 29.6 Å².